The van der Waals surface area contributed by atoms with E-state index in [1.54, 1.807) is 0 Å². The van der Waals surface area contributed by atoms with E-state index in [4.69, 9.17) is 0 Å². The molecule has 1 saturated carbocycles. The van der Waals surface area contributed by atoms with Crippen molar-refractivity contribution in [2.24, 2.45) is 11.7 Å². The highest BCUT2D eigenvalue weighted by molar-refractivity contribution is 4.80. The SMILES string of the molecule is C=CC1CCCCC1.CN. The third kappa shape index (κ3) is 3.67. The van der Waals surface area contributed by atoms with Gasteiger partial charge in [-0.05, 0) is 25.8 Å². The van der Waals surface area contributed by atoms with Gasteiger partial charge < -0.3 is 5.73 Å². The van der Waals surface area contributed by atoms with Crippen LogP contribution in [0, 0.1) is 5.92 Å². The van der Waals surface area contributed by atoms with Gasteiger partial charge in [0.05, 0.1) is 0 Å². The molecule has 0 aromatic carbocycles. The molecule has 1 aliphatic rings. The van der Waals surface area contributed by atoms with Gasteiger partial charge in [0.2, 0.25) is 0 Å². The summed E-state index contributed by atoms with van der Waals surface area (Å²) in [5.74, 6) is 0.851. The van der Waals surface area contributed by atoms with Crippen LogP contribution in [0.4, 0.5) is 0 Å². The predicted molar refractivity (Wildman–Crippen MR) is 46.9 cm³/mol. The fourth-order valence-corrected chi connectivity index (χ4v) is 1.37. The van der Waals surface area contributed by atoms with Gasteiger partial charge in [0.15, 0.2) is 0 Å². The number of hydrogen-bond donors (Lipinski definition) is 1. The molecule has 0 aliphatic heterocycles. The lowest BCUT2D eigenvalue weighted by Crippen LogP contribution is -2.01. The van der Waals surface area contributed by atoms with Crippen molar-refractivity contribution in [2.75, 3.05) is 7.05 Å². The first-order valence-electron chi connectivity index (χ1n) is 4.14. The minimum Gasteiger partial charge on any atom is -0.333 e. The molecule has 60 valence electrons. The highest BCUT2D eigenvalue weighted by atomic mass is 14.4. The third-order valence-electron chi connectivity index (χ3n) is 1.98. The van der Waals surface area contributed by atoms with Gasteiger partial charge in [-0.15, -0.1) is 6.58 Å². The zero-order chi connectivity index (χ0) is 7.82. The monoisotopic (exact) mass is 141 g/mol. The van der Waals surface area contributed by atoms with E-state index in [1.165, 1.54) is 39.2 Å². The zero-order valence-corrected chi connectivity index (χ0v) is 6.97. The van der Waals surface area contributed by atoms with Crippen LogP contribution in [0.15, 0.2) is 12.7 Å². The summed E-state index contributed by atoms with van der Waals surface area (Å²) < 4.78 is 0. The largest absolute Gasteiger partial charge is 0.333 e. The van der Waals surface area contributed by atoms with Crippen molar-refractivity contribution < 1.29 is 0 Å². The Morgan fingerprint density at radius 3 is 2.00 bits per heavy atom. The maximum Gasteiger partial charge on any atom is -0.0195 e. The molecule has 0 atom stereocenters. The highest BCUT2D eigenvalue weighted by Gasteiger charge is 2.07. The number of nitrogens with two attached hydrogens (primary N) is 1. The summed E-state index contributed by atoms with van der Waals surface area (Å²) in [4.78, 5) is 0. The van der Waals surface area contributed by atoms with Crippen molar-refractivity contribution in [3.63, 3.8) is 0 Å². The van der Waals surface area contributed by atoms with Gasteiger partial charge in [-0.2, -0.15) is 0 Å². The van der Waals surface area contributed by atoms with Crippen LogP contribution in [0.25, 0.3) is 0 Å². The lowest BCUT2D eigenvalue weighted by Gasteiger charge is -2.16. The fourth-order valence-electron chi connectivity index (χ4n) is 1.37. The third-order valence-corrected chi connectivity index (χ3v) is 1.98. The molecule has 0 aromatic heterocycles. The van der Waals surface area contributed by atoms with Crippen molar-refractivity contribution in [3.05, 3.63) is 12.7 Å². The highest BCUT2D eigenvalue weighted by Crippen LogP contribution is 2.23. The Bertz CT molecular complexity index is 72.8. The van der Waals surface area contributed by atoms with E-state index in [1.807, 2.05) is 0 Å². The molecule has 0 saturated heterocycles. The maximum atomic E-state index is 4.50. The van der Waals surface area contributed by atoms with Crippen LogP contribution < -0.4 is 5.73 Å². The van der Waals surface area contributed by atoms with E-state index in [2.05, 4.69) is 18.4 Å². The number of allylic oxidation sites excluding steroid dienone is 1. The Labute approximate surface area is 64.3 Å². The molecule has 1 rings (SSSR count). The van der Waals surface area contributed by atoms with Crippen molar-refractivity contribution in [1.29, 1.82) is 0 Å². The van der Waals surface area contributed by atoms with E-state index < -0.39 is 0 Å². The van der Waals surface area contributed by atoms with Gasteiger partial charge in [0.25, 0.3) is 0 Å². The molecule has 1 fully saturated rings. The second-order valence-electron chi connectivity index (χ2n) is 2.63. The molecule has 2 N–H and O–H groups in total. The average Bonchev–Trinajstić information content (AvgIpc) is 2.10. The zero-order valence-electron chi connectivity index (χ0n) is 6.97. The van der Waals surface area contributed by atoms with Crippen LogP contribution in [0.2, 0.25) is 0 Å². The first-order chi connectivity index (χ1) is 4.93. The Morgan fingerprint density at radius 1 is 1.20 bits per heavy atom. The lowest BCUT2D eigenvalue weighted by atomic mass is 9.90. The minimum absolute atomic E-state index is 0.851. The first-order valence-corrected chi connectivity index (χ1v) is 4.14. The molecular weight excluding hydrogens is 122 g/mol. The van der Waals surface area contributed by atoms with Crippen molar-refractivity contribution in [3.8, 4) is 0 Å². The summed E-state index contributed by atoms with van der Waals surface area (Å²) in [6, 6.07) is 0. The summed E-state index contributed by atoms with van der Waals surface area (Å²) in [5, 5.41) is 0. The fraction of sp³-hybridized carbons (Fsp3) is 0.778. The summed E-state index contributed by atoms with van der Waals surface area (Å²) in [7, 11) is 1.50. The van der Waals surface area contributed by atoms with Crippen LogP contribution in [0.1, 0.15) is 32.1 Å². The van der Waals surface area contributed by atoms with Crippen molar-refractivity contribution >= 4 is 0 Å². The van der Waals surface area contributed by atoms with E-state index >= 15 is 0 Å². The predicted octanol–water partition coefficient (Wildman–Crippen LogP) is 2.33. The molecule has 0 radical (unpaired) electrons. The Balaban J connectivity index is 0.000000371. The molecule has 1 heteroatoms. The van der Waals surface area contributed by atoms with Gasteiger partial charge in [-0.1, -0.05) is 25.3 Å². The molecule has 0 bridgehead atoms. The minimum atomic E-state index is 0.851. The number of rotatable bonds is 1. The Kier molecular flexibility index (Phi) is 6.61. The molecule has 0 unspecified atom stereocenters. The van der Waals surface area contributed by atoms with Crippen LogP contribution in [-0.4, -0.2) is 7.05 Å². The Hall–Kier alpha value is -0.300. The summed E-state index contributed by atoms with van der Waals surface area (Å²) in [5.41, 5.74) is 4.50. The van der Waals surface area contributed by atoms with Crippen LogP contribution >= 0.6 is 0 Å². The van der Waals surface area contributed by atoms with Crippen LogP contribution in [0.3, 0.4) is 0 Å². The molecule has 0 spiro atoms. The molecular formula is C9H19N. The second-order valence-corrected chi connectivity index (χ2v) is 2.63. The molecule has 0 heterocycles. The van der Waals surface area contributed by atoms with Crippen LogP contribution in [0.5, 0.6) is 0 Å². The van der Waals surface area contributed by atoms with Crippen molar-refractivity contribution in [2.45, 2.75) is 32.1 Å². The average molecular weight is 141 g/mol. The first kappa shape index (κ1) is 9.70. The second kappa shape index (κ2) is 6.81. The smallest absolute Gasteiger partial charge is 0.0195 e. The van der Waals surface area contributed by atoms with E-state index in [-0.39, 0.29) is 0 Å². The summed E-state index contributed by atoms with van der Waals surface area (Å²) in [6.07, 6.45) is 9.20. The van der Waals surface area contributed by atoms with Gasteiger partial charge in [-0.25, -0.2) is 0 Å². The normalized spacial score (nSPS) is 19.0. The van der Waals surface area contributed by atoms with Gasteiger partial charge in [-0.3, -0.25) is 0 Å². The molecule has 1 aliphatic carbocycles. The molecule has 0 aromatic rings. The molecule has 1 nitrogen and oxygen atoms in total. The van der Waals surface area contributed by atoms with Gasteiger partial charge in [0.1, 0.15) is 0 Å². The van der Waals surface area contributed by atoms with E-state index in [9.17, 15) is 0 Å². The maximum absolute atomic E-state index is 4.50. The Morgan fingerprint density at radius 2 is 1.70 bits per heavy atom. The van der Waals surface area contributed by atoms with Gasteiger partial charge >= 0.3 is 0 Å². The molecule has 10 heavy (non-hydrogen) atoms. The summed E-state index contributed by atoms with van der Waals surface area (Å²) in [6.45, 7) is 3.78. The summed E-state index contributed by atoms with van der Waals surface area (Å²) >= 11 is 0. The lowest BCUT2D eigenvalue weighted by molar-refractivity contribution is 0.420. The van der Waals surface area contributed by atoms with Crippen LogP contribution in [-0.2, 0) is 0 Å². The molecule has 0 amide bonds. The van der Waals surface area contributed by atoms with E-state index in [0.29, 0.717) is 0 Å². The quantitative estimate of drug-likeness (QED) is 0.557. The van der Waals surface area contributed by atoms with Gasteiger partial charge in [0, 0.05) is 0 Å². The standard InChI is InChI=1S/C8H14.CH5N/c1-2-8-6-4-3-5-7-8;1-2/h2,8H,1,3-7H2;2H2,1H3. The van der Waals surface area contributed by atoms with E-state index in [0.717, 1.165) is 5.92 Å². The topological polar surface area (TPSA) is 26.0 Å². The number of hydrogen-bond acceptors (Lipinski definition) is 1. The van der Waals surface area contributed by atoms with Crippen molar-refractivity contribution in [1.82, 2.24) is 0 Å².